The zero-order chi connectivity index (χ0) is 10.7. The van der Waals surface area contributed by atoms with Crippen molar-refractivity contribution in [2.45, 2.75) is 33.1 Å². The fourth-order valence-electron chi connectivity index (χ4n) is 2.37. The molecule has 1 aromatic rings. The van der Waals surface area contributed by atoms with Gasteiger partial charge in [-0.05, 0) is 24.7 Å². The summed E-state index contributed by atoms with van der Waals surface area (Å²) in [5.41, 5.74) is 0. The molecule has 3 heteroatoms. The van der Waals surface area contributed by atoms with Crippen LogP contribution in [0.4, 0.5) is 5.13 Å². The zero-order valence-corrected chi connectivity index (χ0v) is 10.5. The van der Waals surface area contributed by atoms with Crippen LogP contribution in [-0.4, -0.2) is 18.1 Å². The molecule has 1 aromatic heterocycles. The Morgan fingerprint density at radius 3 is 2.80 bits per heavy atom. The van der Waals surface area contributed by atoms with Crippen LogP contribution in [0.3, 0.4) is 0 Å². The lowest BCUT2D eigenvalue weighted by Crippen LogP contribution is -2.35. The van der Waals surface area contributed by atoms with E-state index in [1.807, 2.05) is 6.20 Å². The van der Waals surface area contributed by atoms with Gasteiger partial charge in [-0.15, -0.1) is 11.3 Å². The molecule has 2 rings (SSSR count). The maximum absolute atomic E-state index is 4.37. The van der Waals surface area contributed by atoms with Gasteiger partial charge >= 0.3 is 0 Å². The molecule has 1 fully saturated rings. The van der Waals surface area contributed by atoms with Crippen molar-refractivity contribution in [3.8, 4) is 0 Å². The molecule has 2 heterocycles. The van der Waals surface area contributed by atoms with Crippen molar-refractivity contribution in [3.05, 3.63) is 11.6 Å². The first-order valence-corrected chi connectivity index (χ1v) is 6.83. The summed E-state index contributed by atoms with van der Waals surface area (Å²) in [5, 5.41) is 3.27. The highest BCUT2D eigenvalue weighted by Crippen LogP contribution is 2.29. The molecule has 0 bridgehead atoms. The highest BCUT2D eigenvalue weighted by Gasteiger charge is 2.23. The molecule has 1 unspecified atom stereocenters. The maximum Gasteiger partial charge on any atom is 0.185 e. The summed E-state index contributed by atoms with van der Waals surface area (Å²) in [6.45, 7) is 7.09. The van der Waals surface area contributed by atoms with Crippen molar-refractivity contribution in [2.24, 2.45) is 11.8 Å². The summed E-state index contributed by atoms with van der Waals surface area (Å²) in [6.07, 6.45) is 5.91. The third-order valence-corrected chi connectivity index (χ3v) is 4.51. The van der Waals surface area contributed by atoms with Gasteiger partial charge in [-0.1, -0.05) is 20.3 Å². The Morgan fingerprint density at radius 1 is 1.53 bits per heavy atom. The van der Waals surface area contributed by atoms with E-state index in [0.717, 1.165) is 11.8 Å². The molecule has 1 saturated heterocycles. The molecule has 0 amide bonds. The standard InChI is InChI=1S/C12H20N2S/c1-3-10(2)11-4-7-14(8-5-11)12-13-6-9-15-12/h6,9-11H,3-5,7-8H2,1-2H3. The first-order chi connectivity index (χ1) is 7.31. The van der Waals surface area contributed by atoms with Crippen LogP contribution in [0.5, 0.6) is 0 Å². The Balaban J connectivity index is 1.87. The summed E-state index contributed by atoms with van der Waals surface area (Å²) in [7, 11) is 0. The molecule has 15 heavy (non-hydrogen) atoms. The maximum atomic E-state index is 4.37. The minimum atomic E-state index is 0.892. The average molecular weight is 224 g/mol. The zero-order valence-electron chi connectivity index (χ0n) is 9.65. The average Bonchev–Trinajstić information content (AvgIpc) is 2.82. The predicted octanol–water partition coefficient (Wildman–Crippen LogP) is 3.41. The van der Waals surface area contributed by atoms with Gasteiger partial charge in [0.05, 0.1) is 0 Å². The molecule has 1 atom stereocenters. The molecule has 0 N–H and O–H groups in total. The second-order valence-electron chi connectivity index (χ2n) is 4.52. The van der Waals surface area contributed by atoms with Crippen molar-refractivity contribution in [2.75, 3.05) is 18.0 Å². The van der Waals surface area contributed by atoms with Crippen molar-refractivity contribution >= 4 is 16.5 Å². The summed E-state index contributed by atoms with van der Waals surface area (Å²) < 4.78 is 0. The topological polar surface area (TPSA) is 16.1 Å². The SMILES string of the molecule is CCC(C)C1CCN(c2nccs2)CC1. The Hall–Kier alpha value is -0.570. The highest BCUT2D eigenvalue weighted by molar-refractivity contribution is 7.13. The second-order valence-corrected chi connectivity index (χ2v) is 5.40. The minimum absolute atomic E-state index is 0.892. The number of rotatable bonds is 3. The normalized spacial score (nSPS) is 20.5. The summed E-state index contributed by atoms with van der Waals surface area (Å²) >= 11 is 1.76. The summed E-state index contributed by atoms with van der Waals surface area (Å²) in [6, 6.07) is 0. The molecule has 0 radical (unpaired) electrons. The molecule has 84 valence electrons. The number of nitrogens with zero attached hydrogens (tertiary/aromatic N) is 2. The monoisotopic (exact) mass is 224 g/mol. The van der Waals surface area contributed by atoms with Crippen LogP contribution in [-0.2, 0) is 0 Å². The number of aromatic nitrogens is 1. The smallest absolute Gasteiger partial charge is 0.185 e. The first-order valence-electron chi connectivity index (χ1n) is 5.95. The summed E-state index contributed by atoms with van der Waals surface area (Å²) in [5.74, 6) is 1.83. The van der Waals surface area contributed by atoms with E-state index in [1.165, 1.54) is 37.5 Å². The quantitative estimate of drug-likeness (QED) is 0.782. The van der Waals surface area contributed by atoms with Gasteiger partial charge in [-0.2, -0.15) is 0 Å². The number of hydrogen-bond donors (Lipinski definition) is 0. The van der Waals surface area contributed by atoms with Crippen molar-refractivity contribution < 1.29 is 0 Å². The number of hydrogen-bond acceptors (Lipinski definition) is 3. The Labute approximate surface area is 96.3 Å². The van der Waals surface area contributed by atoms with Gasteiger partial charge < -0.3 is 4.90 Å². The van der Waals surface area contributed by atoms with Crippen molar-refractivity contribution in [3.63, 3.8) is 0 Å². The second kappa shape index (κ2) is 4.97. The molecule has 1 aliphatic heterocycles. The van der Waals surface area contributed by atoms with Gasteiger partial charge in [0.25, 0.3) is 0 Å². The lowest BCUT2D eigenvalue weighted by molar-refractivity contribution is 0.286. The number of piperidine rings is 1. The molecule has 0 aliphatic carbocycles. The van der Waals surface area contributed by atoms with E-state index in [9.17, 15) is 0 Å². The van der Waals surface area contributed by atoms with Crippen LogP contribution in [0, 0.1) is 11.8 Å². The van der Waals surface area contributed by atoms with Crippen LogP contribution in [0.1, 0.15) is 33.1 Å². The van der Waals surface area contributed by atoms with Gasteiger partial charge in [0.1, 0.15) is 0 Å². The fourth-order valence-corrected chi connectivity index (χ4v) is 3.06. The Kier molecular flexibility index (Phi) is 3.62. The lowest BCUT2D eigenvalue weighted by atomic mass is 9.84. The van der Waals surface area contributed by atoms with Crippen LogP contribution in [0.25, 0.3) is 0 Å². The third-order valence-electron chi connectivity index (χ3n) is 3.68. The van der Waals surface area contributed by atoms with E-state index in [-0.39, 0.29) is 0 Å². The molecular weight excluding hydrogens is 204 g/mol. The van der Waals surface area contributed by atoms with Crippen LogP contribution in [0.2, 0.25) is 0 Å². The van der Waals surface area contributed by atoms with E-state index in [1.54, 1.807) is 11.3 Å². The first kappa shape index (κ1) is 10.9. The molecule has 0 aromatic carbocycles. The largest absolute Gasteiger partial charge is 0.348 e. The third kappa shape index (κ3) is 2.51. The van der Waals surface area contributed by atoms with Crippen molar-refractivity contribution in [1.82, 2.24) is 4.98 Å². The van der Waals surface area contributed by atoms with Crippen LogP contribution in [0.15, 0.2) is 11.6 Å². The predicted molar refractivity (Wildman–Crippen MR) is 66.5 cm³/mol. The molecular formula is C12H20N2S. The summed E-state index contributed by atoms with van der Waals surface area (Å²) in [4.78, 5) is 6.81. The van der Waals surface area contributed by atoms with E-state index >= 15 is 0 Å². The van der Waals surface area contributed by atoms with E-state index in [2.05, 4.69) is 29.1 Å². The fraction of sp³-hybridized carbons (Fsp3) is 0.750. The lowest BCUT2D eigenvalue weighted by Gasteiger charge is -2.34. The van der Waals surface area contributed by atoms with E-state index in [0.29, 0.717) is 0 Å². The van der Waals surface area contributed by atoms with E-state index < -0.39 is 0 Å². The number of thiazole rings is 1. The molecule has 0 spiro atoms. The van der Waals surface area contributed by atoms with Crippen molar-refractivity contribution in [1.29, 1.82) is 0 Å². The molecule has 1 aliphatic rings. The van der Waals surface area contributed by atoms with Gasteiger partial charge in [0.2, 0.25) is 0 Å². The van der Waals surface area contributed by atoms with E-state index in [4.69, 9.17) is 0 Å². The van der Waals surface area contributed by atoms with Crippen LogP contribution < -0.4 is 4.90 Å². The Bertz CT molecular complexity index is 276. The number of anilines is 1. The van der Waals surface area contributed by atoms with Gasteiger partial charge in [0, 0.05) is 24.7 Å². The van der Waals surface area contributed by atoms with Gasteiger partial charge in [-0.3, -0.25) is 0 Å². The Morgan fingerprint density at radius 2 is 2.27 bits per heavy atom. The highest BCUT2D eigenvalue weighted by atomic mass is 32.1. The van der Waals surface area contributed by atoms with Gasteiger partial charge in [-0.25, -0.2) is 4.98 Å². The van der Waals surface area contributed by atoms with Gasteiger partial charge in [0.15, 0.2) is 5.13 Å². The molecule has 2 nitrogen and oxygen atoms in total. The minimum Gasteiger partial charge on any atom is -0.348 e. The van der Waals surface area contributed by atoms with Crippen LogP contribution >= 0.6 is 11.3 Å². The molecule has 0 saturated carbocycles.